The van der Waals surface area contributed by atoms with Crippen LogP contribution in [-0.4, -0.2) is 38.2 Å². The van der Waals surface area contributed by atoms with Gasteiger partial charge >= 0.3 is 0 Å². The van der Waals surface area contributed by atoms with Gasteiger partial charge in [0.25, 0.3) is 5.56 Å². The Hall–Kier alpha value is -3.45. The lowest BCUT2D eigenvalue weighted by Gasteiger charge is -2.31. The van der Waals surface area contributed by atoms with Crippen LogP contribution in [0.25, 0.3) is 21.9 Å². The van der Waals surface area contributed by atoms with Crippen molar-refractivity contribution < 1.29 is 0 Å². The predicted octanol–water partition coefficient (Wildman–Crippen LogP) is 3.69. The van der Waals surface area contributed by atoms with Crippen LogP contribution in [0.15, 0.2) is 65.2 Å². The lowest BCUT2D eigenvalue weighted by atomic mass is 10.0. The molecule has 2 aromatic heterocycles. The third-order valence-electron chi connectivity index (χ3n) is 6.36. The number of allylic oxidation sites excluding steroid dienone is 2. The van der Waals surface area contributed by atoms with Crippen LogP contribution >= 0.6 is 0 Å². The minimum Gasteiger partial charge on any atom is -0.341 e. The van der Waals surface area contributed by atoms with Crippen LogP contribution in [0.3, 0.4) is 0 Å². The normalized spacial score (nSPS) is 16.5. The van der Waals surface area contributed by atoms with Crippen molar-refractivity contribution in [2.24, 2.45) is 5.73 Å². The fourth-order valence-corrected chi connectivity index (χ4v) is 4.65. The molecule has 5 rings (SSSR count). The highest BCUT2D eigenvalue weighted by atomic mass is 16.1. The van der Waals surface area contributed by atoms with E-state index in [4.69, 9.17) is 10.7 Å². The number of imidazole rings is 1. The second kappa shape index (κ2) is 8.83. The van der Waals surface area contributed by atoms with E-state index in [2.05, 4.69) is 54.1 Å². The molecule has 4 aromatic rings. The molecule has 170 valence electrons. The number of fused-ring (bicyclic) bond motifs is 2. The monoisotopic (exact) mass is 442 g/mol. The van der Waals surface area contributed by atoms with Crippen molar-refractivity contribution in [3.63, 3.8) is 0 Å². The fourth-order valence-electron chi connectivity index (χ4n) is 4.65. The van der Waals surface area contributed by atoms with Crippen LogP contribution in [0.4, 0.5) is 5.95 Å². The Bertz CT molecular complexity index is 1390. The van der Waals surface area contributed by atoms with Crippen LogP contribution in [0.5, 0.6) is 0 Å². The van der Waals surface area contributed by atoms with Gasteiger partial charge in [0, 0.05) is 25.7 Å². The highest BCUT2D eigenvalue weighted by molar-refractivity contribution is 5.85. The van der Waals surface area contributed by atoms with Crippen LogP contribution in [-0.2, 0) is 13.1 Å². The topological polar surface area (TPSA) is 82.0 Å². The molecule has 0 aliphatic carbocycles. The summed E-state index contributed by atoms with van der Waals surface area (Å²) in [6.07, 6.45) is 5.78. The van der Waals surface area contributed by atoms with Crippen LogP contribution < -0.4 is 16.2 Å². The van der Waals surface area contributed by atoms with Gasteiger partial charge in [0.2, 0.25) is 5.95 Å². The van der Waals surface area contributed by atoms with Crippen molar-refractivity contribution in [3.8, 4) is 0 Å². The van der Waals surface area contributed by atoms with Gasteiger partial charge in [0.1, 0.15) is 6.33 Å². The number of nitrogens with zero attached hydrogens (tertiary/aromatic N) is 5. The van der Waals surface area contributed by atoms with E-state index < -0.39 is 0 Å². The quantitative estimate of drug-likeness (QED) is 0.477. The van der Waals surface area contributed by atoms with E-state index in [0.717, 1.165) is 48.2 Å². The second-order valence-electron chi connectivity index (χ2n) is 9.14. The SMILES string of the molecule is CC(C)=CCn1c(N2CCCC(N)C2)nc2ncn(Cc3cccc4ccccc34)c(=O)c21. The van der Waals surface area contributed by atoms with Gasteiger partial charge in [-0.2, -0.15) is 4.98 Å². The zero-order valence-electron chi connectivity index (χ0n) is 19.2. The molecule has 0 radical (unpaired) electrons. The highest BCUT2D eigenvalue weighted by Crippen LogP contribution is 2.24. The van der Waals surface area contributed by atoms with Gasteiger partial charge in [-0.25, -0.2) is 4.98 Å². The van der Waals surface area contributed by atoms with Crippen molar-refractivity contribution in [2.75, 3.05) is 18.0 Å². The van der Waals surface area contributed by atoms with Crippen molar-refractivity contribution in [2.45, 2.75) is 45.8 Å². The molecule has 7 heteroatoms. The third kappa shape index (κ3) is 4.16. The molecule has 1 atom stereocenters. The van der Waals surface area contributed by atoms with Gasteiger partial charge in [-0.05, 0) is 43.0 Å². The lowest BCUT2D eigenvalue weighted by Crippen LogP contribution is -2.44. The van der Waals surface area contributed by atoms with Crippen LogP contribution in [0, 0.1) is 0 Å². The summed E-state index contributed by atoms with van der Waals surface area (Å²) in [5.74, 6) is 0.783. The molecule has 0 spiro atoms. The van der Waals surface area contributed by atoms with E-state index >= 15 is 0 Å². The van der Waals surface area contributed by atoms with E-state index in [9.17, 15) is 4.79 Å². The number of nitrogens with two attached hydrogens (primary N) is 1. The second-order valence-corrected chi connectivity index (χ2v) is 9.14. The van der Waals surface area contributed by atoms with E-state index in [1.807, 2.05) is 22.8 Å². The fraction of sp³-hybridized carbons (Fsp3) is 0.346. The molecule has 1 aliphatic rings. The smallest absolute Gasteiger partial charge is 0.279 e. The average Bonchev–Trinajstić information content (AvgIpc) is 3.19. The number of anilines is 1. The number of rotatable bonds is 5. The molecule has 0 bridgehead atoms. The molecule has 1 saturated heterocycles. The van der Waals surface area contributed by atoms with E-state index in [0.29, 0.717) is 24.3 Å². The average molecular weight is 443 g/mol. The molecule has 0 saturated carbocycles. The number of hydrogen-bond donors (Lipinski definition) is 1. The summed E-state index contributed by atoms with van der Waals surface area (Å²) in [6.45, 7) is 6.79. The summed E-state index contributed by atoms with van der Waals surface area (Å²) in [5, 5.41) is 2.31. The molecule has 3 heterocycles. The first kappa shape index (κ1) is 21.4. The van der Waals surface area contributed by atoms with E-state index in [-0.39, 0.29) is 11.6 Å². The number of hydrogen-bond acceptors (Lipinski definition) is 5. The predicted molar refractivity (Wildman–Crippen MR) is 134 cm³/mol. The zero-order chi connectivity index (χ0) is 22.9. The summed E-state index contributed by atoms with van der Waals surface area (Å²) in [5.41, 5.74) is 9.49. The minimum atomic E-state index is -0.0739. The Balaban J connectivity index is 1.62. The van der Waals surface area contributed by atoms with Gasteiger partial charge in [-0.15, -0.1) is 0 Å². The number of aromatic nitrogens is 4. The van der Waals surface area contributed by atoms with E-state index in [1.54, 1.807) is 10.9 Å². The standard InChI is InChI=1S/C26H30N6O/c1-18(2)12-14-32-23-24(29-26(32)30-13-6-10-21(27)16-30)28-17-31(25(23)33)15-20-9-5-8-19-7-3-4-11-22(19)20/h3-5,7-9,11-12,17,21H,6,10,13-16,27H2,1-2H3. The van der Waals surface area contributed by atoms with Crippen LogP contribution in [0.2, 0.25) is 0 Å². The van der Waals surface area contributed by atoms with Gasteiger partial charge in [0.05, 0.1) is 6.54 Å². The lowest BCUT2D eigenvalue weighted by molar-refractivity contribution is 0.495. The first-order valence-corrected chi connectivity index (χ1v) is 11.6. The Morgan fingerprint density at radius 1 is 1.18 bits per heavy atom. The summed E-state index contributed by atoms with van der Waals surface area (Å²) in [4.78, 5) is 25.3. The molecule has 1 aliphatic heterocycles. The molecule has 2 aromatic carbocycles. The van der Waals surface area contributed by atoms with Crippen molar-refractivity contribution >= 4 is 27.9 Å². The molecule has 1 unspecified atom stereocenters. The number of piperidine rings is 1. The minimum absolute atomic E-state index is 0.0739. The maximum absolute atomic E-state index is 13.7. The Labute approximate surface area is 193 Å². The summed E-state index contributed by atoms with van der Waals surface area (Å²) >= 11 is 0. The summed E-state index contributed by atoms with van der Waals surface area (Å²) in [7, 11) is 0. The third-order valence-corrected chi connectivity index (χ3v) is 6.36. The highest BCUT2D eigenvalue weighted by Gasteiger charge is 2.24. The van der Waals surface area contributed by atoms with Gasteiger partial charge in [0.15, 0.2) is 11.2 Å². The first-order valence-electron chi connectivity index (χ1n) is 11.6. The molecule has 33 heavy (non-hydrogen) atoms. The molecule has 7 nitrogen and oxygen atoms in total. The van der Waals surface area contributed by atoms with Gasteiger partial charge in [-0.3, -0.25) is 9.36 Å². The van der Waals surface area contributed by atoms with Gasteiger partial charge < -0.3 is 15.2 Å². The zero-order valence-corrected chi connectivity index (χ0v) is 19.2. The molecule has 2 N–H and O–H groups in total. The maximum atomic E-state index is 13.7. The Kier molecular flexibility index (Phi) is 5.72. The maximum Gasteiger partial charge on any atom is 0.279 e. The van der Waals surface area contributed by atoms with Crippen molar-refractivity contribution in [1.82, 2.24) is 19.1 Å². The first-order chi connectivity index (χ1) is 16.0. The molecule has 1 fully saturated rings. The van der Waals surface area contributed by atoms with Gasteiger partial charge in [-0.1, -0.05) is 54.1 Å². The Morgan fingerprint density at radius 3 is 2.82 bits per heavy atom. The largest absolute Gasteiger partial charge is 0.341 e. The molecular weight excluding hydrogens is 412 g/mol. The van der Waals surface area contributed by atoms with Crippen LogP contribution in [0.1, 0.15) is 32.3 Å². The van der Waals surface area contributed by atoms with E-state index in [1.165, 1.54) is 5.57 Å². The molecule has 0 amide bonds. The Morgan fingerprint density at radius 2 is 2.00 bits per heavy atom. The molecular formula is C26H30N6O. The number of benzene rings is 2. The van der Waals surface area contributed by atoms with Crippen molar-refractivity contribution in [1.29, 1.82) is 0 Å². The summed E-state index contributed by atoms with van der Waals surface area (Å²) in [6, 6.07) is 14.6. The van der Waals surface area contributed by atoms with Crippen molar-refractivity contribution in [3.05, 3.63) is 76.4 Å². The summed E-state index contributed by atoms with van der Waals surface area (Å²) < 4.78 is 3.70.